The average Bonchev–Trinajstić information content (AvgIpc) is 3.38. The van der Waals surface area contributed by atoms with Crippen molar-refractivity contribution in [2.75, 3.05) is 24.5 Å². The Morgan fingerprint density at radius 3 is 2.62 bits per heavy atom. The fraction of sp³-hybridized carbons (Fsp3) is 0.444. The number of rotatable bonds is 4. The van der Waals surface area contributed by atoms with Crippen LogP contribution in [-0.4, -0.2) is 48.3 Å². The fourth-order valence-electron chi connectivity index (χ4n) is 6.24. The van der Waals surface area contributed by atoms with Gasteiger partial charge in [-0.1, -0.05) is 30.3 Å². The predicted octanol–water partition coefficient (Wildman–Crippen LogP) is 2.55. The molecule has 0 saturated carbocycles. The van der Waals surface area contributed by atoms with E-state index >= 15 is 0 Å². The van der Waals surface area contributed by atoms with Gasteiger partial charge in [0.2, 0.25) is 11.8 Å². The predicted molar refractivity (Wildman–Crippen MR) is 128 cm³/mol. The molecule has 4 aliphatic rings. The molecule has 0 spiro atoms. The van der Waals surface area contributed by atoms with Crippen LogP contribution >= 0.6 is 0 Å². The molecule has 0 aromatic heterocycles. The summed E-state index contributed by atoms with van der Waals surface area (Å²) in [5.41, 5.74) is 5.51. The van der Waals surface area contributed by atoms with Crippen molar-refractivity contribution in [1.82, 2.24) is 15.5 Å². The highest BCUT2D eigenvalue weighted by Gasteiger charge is 2.39. The van der Waals surface area contributed by atoms with E-state index in [1.807, 2.05) is 12.1 Å². The Labute approximate surface area is 199 Å². The van der Waals surface area contributed by atoms with Crippen LogP contribution in [0.1, 0.15) is 58.6 Å². The smallest absolute Gasteiger partial charge is 0.255 e. The van der Waals surface area contributed by atoms with Crippen LogP contribution in [0.3, 0.4) is 0 Å². The topological polar surface area (TPSA) is 81.8 Å². The van der Waals surface area contributed by atoms with Crippen molar-refractivity contribution in [3.63, 3.8) is 0 Å². The number of anilines is 1. The maximum atomic E-state index is 13.2. The number of imide groups is 1. The van der Waals surface area contributed by atoms with Crippen LogP contribution in [0.15, 0.2) is 42.5 Å². The van der Waals surface area contributed by atoms with Crippen LogP contribution in [0, 0.1) is 5.92 Å². The van der Waals surface area contributed by atoms with Gasteiger partial charge in [0.25, 0.3) is 5.91 Å². The summed E-state index contributed by atoms with van der Waals surface area (Å²) in [7, 11) is 0. The molecule has 0 bridgehead atoms. The Bertz CT molecular complexity index is 1160. The van der Waals surface area contributed by atoms with Gasteiger partial charge in [-0.15, -0.1) is 0 Å². The number of piperidine rings is 2. The Balaban J connectivity index is 1.21. The molecule has 6 rings (SSSR count). The van der Waals surface area contributed by atoms with Gasteiger partial charge in [0.15, 0.2) is 0 Å². The lowest BCUT2D eigenvalue weighted by molar-refractivity contribution is -0.136. The minimum atomic E-state index is -0.572. The highest BCUT2D eigenvalue weighted by atomic mass is 16.2. The molecule has 4 heterocycles. The first-order valence-electron chi connectivity index (χ1n) is 12.4. The SMILES string of the molecule is O=C1CCC(N2Cc3ccc(CN4CC(C5CCNCC5)c5ccccc54)cc3C2=O)C(=O)N1. The molecule has 34 heavy (non-hydrogen) atoms. The minimum Gasteiger partial charge on any atom is -0.366 e. The number of para-hydroxylation sites is 1. The molecule has 2 atom stereocenters. The summed E-state index contributed by atoms with van der Waals surface area (Å²) in [6, 6.07) is 14.3. The van der Waals surface area contributed by atoms with Gasteiger partial charge in [-0.3, -0.25) is 19.7 Å². The molecular formula is C27H30N4O3. The van der Waals surface area contributed by atoms with Gasteiger partial charge in [-0.2, -0.15) is 0 Å². The largest absolute Gasteiger partial charge is 0.366 e. The molecule has 2 saturated heterocycles. The first-order chi connectivity index (χ1) is 16.6. The zero-order chi connectivity index (χ0) is 23.2. The van der Waals surface area contributed by atoms with E-state index in [2.05, 4.69) is 45.9 Å². The second-order valence-electron chi connectivity index (χ2n) is 10.0. The van der Waals surface area contributed by atoms with Crippen LogP contribution in [0.5, 0.6) is 0 Å². The van der Waals surface area contributed by atoms with E-state index in [1.54, 1.807) is 4.90 Å². The maximum Gasteiger partial charge on any atom is 0.255 e. The Morgan fingerprint density at radius 1 is 0.971 bits per heavy atom. The zero-order valence-corrected chi connectivity index (χ0v) is 19.3. The minimum absolute atomic E-state index is 0.110. The summed E-state index contributed by atoms with van der Waals surface area (Å²) in [4.78, 5) is 41.1. The van der Waals surface area contributed by atoms with Crippen LogP contribution in [-0.2, 0) is 22.7 Å². The Morgan fingerprint density at radius 2 is 1.79 bits per heavy atom. The van der Waals surface area contributed by atoms with Gasteiger partial charge in [0.05, 0.1) is 0 Å². The highest BCUT2D eigenvalue weighted by Crippen LogP contribution is 2.43. The highest BCUT2D eigenvalue weighted by molar-refractivity contribution is 6.05. The number of carbonyl (C=O) groups is 3. The molecule has 7 nitrogen and oxygen atoms in total. The van der Waals surface area contributed by atoms with E-state index in [1.165, 1.54) is 24.1 Å². The van der Waals surface area contributed by atoms with Gasteiger partial charge >= 0.3 is 0 Å². The quantitative estimate of drug-likeness (QED) is 0.689. The van der Waals surface area contributed by atoms with Gasteiger partial charge in [-0.25, -0.2) is 0 Å². The summed E-state index contributed by atoms with van der Waals surface area (Å²) in [6.45, 7) is 4.39. The molecule has 2 N–H and O–H groups in total. The van der Waals surface area contributed by atoms with Crippen molar-refractivity contribution in [3.8, 4) is 0 Å². The number of fused-ring (bicyclic) bond motifs is 2. The molecule has 4 aliphatic heterocycles. The fourth-order valence-corrected chi connectivity index (χ4v) is 6.24. The van der Waals surface area contributed by atoms with Gasteiger partial charge in [0, 0.05) is 43.2 Å². The summed E-state index contributed by atoms with van der Waals surface area (Å²) < 4.78 is 0. The molecule has 2 fully saturated rings. The first-order valence-corrected chi connectivity index (χ1v) is 12.4. The Kier molecular flexibility index (Phi) is 5.37. The number of carbonyl (C=O) groups excluding carboxylic acids is 3. The number of nitrogens with zero attached hydrogens (tertiary/aromatic N) is 2. The monoisotopic (exact) mass is 458 g/mol. The lowest BCUT2D eigenvalue weighted by Gasteiger charge is -2.29. The second kappa shape index (κ2) is 8.55. The molecule has 0 radical (unpaired) electrons. The van der Waals surface area contributed by atoms with E-state index in [9.17, 15) is 14.4 Å². The average molecular weight is 459 g/mol. The summed E-state index contributed by atoms with van der Waals surface area (Å²) in [6.07, 6.45) is 3.10. The maximum absolute atomic E-state index is 13.2. The van der Waals surface area contributed by atoms with Crippen molar-refractivity contribution in [3.05, 3.63) is 64.7 Å². The van der Waals surface area contributed by atoms with Crippen molar-refractivity contribution in [2.45, 2.75) is 50.7 Å². The molecule has 176 valence electrons. The molecule has 7 heteroatoms. The Hall–Kier alpha value is -3.19. The van der Waals surface area contributed by atoms with Crippen LogP contribution in [0.25, 0.3) is 0 Å². The van der Waals surface area contributed by atoms with Crippen molar-refractivity contribution in [2.24, 2.45) is 5.92 Å². The third kappa shape index (κ3) is 3.68. The van der Waals surface area contributed by atoms with E-state index in [0.717, 1.165) is 37.3 Å². The van der Waals surface area contributed by atoms with Crippen LogP contribution in [0.4, 0.5) is 5.69 Å². The standard InChI is InChI=1S/C27H30N4O3/c32-25-8-7-24(26(33)29-25)31-15-19-6-5-17(13-21(19)27(31)34)14-30-16-22(18-9-11-28-12-10-18)20-3-1-2-4-23(20)30/h1-6,13,18,22,24,28H,7-12,14-16H2,(H,29,32,33). The van der Waals surface area contributed by atoms with Crippen LogP contribution in [0.2, 0.25) is 0 Å². The third-order valence-corrected chi connectivity index (χ3v) is 8.01. The molecule has 2 aromatic carbocycles. The molecule has 3 amide bonds. The molecule has 2 aromatic rings. The normalized spacial score (nSPS) is 24.9. The lowest BCUT2D eigenvalue weighted by Crippen LogP contribution is -2.52. The third-order valence-electron chi connectivity index (χ3n) is 8.01. The molecule has 0 aliphatic carbocycles. The summed E-state index contributed by atoms with van der Waals surface area (Å²) in [5, 5.41) is 5.85. The number of benzene rings is 2. The molecule has 2 unspecified atom stereocenters. The second-order valence-corrected chi connectivity index (χ2v) is 10.0. The van der Waals surface area contributed by atoms with Crippen molar-refractivity contribution >= 4 is 23.4 Å². The number of hydrogen-bond acceptors (Lipinski definition) is 5. The lowest BCUT2D eigenvalue weighted by atomic mass is 9.82. The van der Waals surface area contributed by atoms with E-state index in [4.69, 9.17) is 0 Å². The number of nitrogens with one attached hydrogen (secondary N) is 2. The first kappa shape index (κ1) is 21.4. The van der Waals surface area contributed by atoms with Gasteiger partial charge in [0.1, 0.15) is 6.04 Å². The van der Waals surface area contributed by atoms with Crippen molar-refractivity contribution < 1.29 is 14.4 Å². The summed E-state index contributed by atoms with van der Waals surface area (Å²) in [5.74, 6) is 0.519. The van der Waals surface area contributed by atoms with E-state index in [0.29, 0.717) is 30.4 Å². The van der Waals surface area contributed by atoms with E-state index in [-0.39, 0.29) is 24.1 Å². The van der Waals surface area contributed by atoms with Gasteiger partial charge in [-0.05, 0) is 67.1 Å². The van der Waals surface area contributed by atoms with Crippen LogP contribution < -0.4 is 15.5 Å². The summed E-state index contributed by atoms with van der Waals surface area (Å²) >= 11 is 0. The number of hydrogen-bond donors (Lipinski definition) is 2. The van der Waals surface area contributed by atoms with E-state index < -0.39 is 6.04 Å². The number of amides is 3. The van der Waals surface area contributed by atoms with Gasteiger partial charge < -0.3 is 15.1 Å². The van der Waals surface area contributed by atoms with Crippen molar-refractivity contribution in [1.29, 1.82) is 0 Å². The zero-order valence-electron chi connectivity index (χ0n) is 19.3. The molecular weight excluding hydrogens is 428 g/mol.